The molecule has 0 aliphatic carbocycles. The summed E-state index contributed by atoms with van der Waals surface area (Å²) in [5, 5.41) is 13.9. The smallest absolute Gasteiger partial charge is 0.390 e. The van der Waals surface area contributed by atoms with E-state index in [1.165, 1.54) is 16.8 Å². The van der Waals surface area contributed by atoms with Crippen molar-refractivity contribution in [3.05, 3.63) is 57.3 Å². The minimum atomic E-state index is -4.41. The molecule has 1 atom stereocenters. The van der Waals surface area contributed by atoms with E-state index in [-0.39, 0.29) is 11.1 Å². The van der Waals surface area contributed by atoms with Crippen LogP contribution in [0.5, 0.6) is 0 Å². The second-order valence-electron chi connectivity index (χ2n) is 5.91. The van der Waals surface area contributed by atoms with E-state index in [0.717, 1.165) is 12.1 Å². The fraction of sp³-hybridized carbons (Fsp3) is 0.353. The van der Waals surface area contributed by atoms with Gasteiger partial charge in [-0.15, -0.1) is 0 Å². The normalized spacial score (nSPS) is 13.3. The average Bonchev–Trinajstić information content (AvgIpc) is 2.99. The van der Waals surface area contributed by atoms with Gasteiger partial charge in [0.25, 0.3) is 5.56 Å². The number of aryl methyl sites for hydroxylation is 1. The van der Waals surface area contributed by atoms with Crippen LogP contribution < -0.4 is 5.56 Å². The topological polar surface area (TPSA) is 83.8 Å². The predicted molar refractivity (Wildman–Crippen MR) is 88.7 cm³/mol. The maximum atomic E-state index is 12.7. The van der Waals surface area contributed by atoms with E-state index in [1.807, 2.05) is 6.92 Å². The van der Waals surface area contributed by atoms with Crippen LogP contribution in [0.4, 0.5) is 13.2 Å². The van der Waals surface area contributed by atoms with Crippen molar-refractivity contribution in [2.45, 2.75) is 39.1 Å². The Morgan fingerprint density at radius 1 is 1.27 bits per heavy atom. The molecule has 2 heterocycles. The molecule has 0 fully saturated rings. The molecule has 26 heavy (non-hydrogen) atoms. The molecule has 1 aromatic carbocycles. The van der Waals surface area contributed by atoms with Crippen molar-refractivity contribution in [3.63, 3.8) is 0 Å². The van der Waals surface area contributed by atoms with E-state index in [9.17, 15) is 23.1 Å². The van der Waals surface area contributed by atoms with E-state index in [4.69, 9.17) is 0 Å². The lowest BCUT2D eigenvalue weighted by atomic mass is 10.1. The SMILES string of the molecule is CCc1nc2c(c(CO)nn2[C@@H](C)c2ccc(C(F)(F)F)cc2)c(=O)[nH]1. The zero-order valence-corrected chi connectivity index (χ0v) is 14.1. The maximum absolute atomic E-state index is 12.7. The number of H-pyrrole nitrogens is 1. The van der Waals surface area contributed by atoms with Crippen LogP contribution in [0.3, 0.4) is 0 Å². The Labute approximate surface area is 146 Å². The van der Waals surface area contributed by atoms with Crippen molar-refractivity contribution >= 4 is 11.0 Å². The van der Waals surface area contributed by atoms with Crippen molar-refractivity contribution in [1.82, 2.24) is 19.7 Å². The number of aliphatic hydroxyl groups excluding tert-OH is 1. The number of fused-ring (bicyclic) bond motifs is 1. The first kappa shape index (κ1) is 18.1. The lowest BCUT2D eigenvalue weighted by Gasteiger charge is -2.15. The standard InChI is InChI=1S/C17H17F3N4O2/c1-3-13-21-15-14(16(26)22-13)12(8-25)23-24(15)9(2)10-4-6-11(7-5-10)17(18,19)20/h4-7,9,25H,3,8H2,1-2H3,(H,21,22,26)/t9-/m0/s1. The number of nitrogens with zero attached hydrogens (tertiary/aromatic N) is 3. The van der Waals surface area contributed by atoms with Gasteiger partial charge in [0.05, 0.1) is 18.2 Å². The third-order valence-electron chi connectivity index (χ3n) is 4.26. The van der Waals surface area contributed by atoms with E-state index in [2.05, 4.69) is 15.1 Å². The number of nitrogens with one attached hydrogen (secondary N) is 1. The van der Waals surface area contributed by atoms with Gasteiger partial charge >= 0.3 is 6.18 Å². The van der Waals surface area contributed by atoms with Crippen molar-refractivity contribution in [3.8, 4) is 0 Å². The first-order chi connectivity index (χ1) is 12.3. The van der Waals surface area contributed by atoms with Gasteiger partial charge in [0.2, 0.25) is 0 Å². The zero-order chi connectivity index (χ0) is 19.1. The molecule has 0 amide bonds. The molecular weight excluding hydrogens is 349 g/mol. The Balaban J connectivity index is 2.12. The van der Waals surface area contributed by atoms with Gasteiger partial charge in [-0.05, 0) is 24.6 Å². The molecule has 0 spiro atoms. The van der Waals surface area contributed by atoms with Crippen LogP contribution in [0.15, 0.2) is 29.1 Å². The molecule has 2 N–H and O–H groups in total. The summed E-state index contributed by atoms with van der Waals surface area (Å²) < 4.78 is 39.7. The predicted octanol–water partition coefficient (Wildman–Crippen LogP) is 2.80. The highest BCUT2D eigenvalue weighted by molar-refractivity contribution is 5.77. The quantitative estimate of drug-likeness (QED) is 0.744. The van der Waals surface area contributed by atoms with Crippen LogP contribution in [-0.4, -0.2) is 24.9 Å². The fourth-order valence-corrected chi connectivity index (χ4v) is 2.80. The third kappa shape index (κ3) is 3.10. The summed E-state index contributed by atoms with van der Waals surface area (Å²) in [6, 6.07) is 4.27. The molecule has 138 valence electrons. The molecule has 0 saturated heterocycles. The highest BCUT2D eigenvalue weighted by atomic mass is 19.4. The number of halogens is 3. The largest absolute Gasteiger partial charge is 0.416 e. The van der Waals surface area contributed by atoms with E-state index >= 15 is 0 Å². The second kappa shape index (κ2) is 6.56. The van der Waals surface area contributed by atoms with Gasteiger partial charge in [0.1, 0.15) is 16.9 Å². The second-order valence-corrected chi connectivity index (χ2v) is 5.91. The van der Waals surface area contributed by atoms with Crippen molar-refractivity contribution < 1.29 is 18.3 Å². The lowest BCUT2D eigenvalue weighted by molar-refractivity contribution is -0.137. The number of aromatic nitrogens is 4. The summed E-state index contributed by atoms with van der Waals surface area (Å²) in [4.78, 5) is 19.3. The highest BCUT2D eigenvalue weighted by Gasteiger charge is 2.30. The fourth-order valence-electron chi connectivity index (χ4n) is 2.80. The first-order valence-electron chi connectivity index (χ1n) is 8.04. The monoisotopic (exact) mass is 366 g/mol. The Morgan fingerprint density at radius 2 is 1.92 bits per heavy atom. The van der Waals surface area contributed by atoms with Crippen molar-refractivity contribution in [2.24, 2.45) is 0 Å². The summed E-state index contributed by atoms with van der Waals surface area (Å²) >= 11 is 0. The summed E-state index contributed by atoms with van der Waals surface area (Å²) in [7, 11) is 0. The molecule has 0 bridgehead atoms. The molecule has 6 nitrogen and oxygen atoms in total. The lowest BCUT2D eigenvalue weighted by Crippen LogP contribution is -2.14. The Morgan fingerprint density at radius 3 is 2.46 bits per heavy atom. The molecule has 0 unspecified atom stereocenters. The van der Waals surface area contributed by atoms with Crippen LogP contribution in [0, 0.1) is 0 Å². The third-order valence-corrected chi connectivity index (χ3v) is 4.26. The summed E-state index contributed by atoms with van der Waals surface area (Å²) in [5.74, 6) is 0.466. The number of aliphatic hydroxyl groups is 1. The zero-order valence-electron chi connectivity index (χ0n) is 14.1. The van der Waals surface area contributed by atoms with E-state index < -0.39 is 29.9 Å². The number of hydrogen-bond donors (Lipinski definition) is 2. The number of benzene rings is 1. The Hall–Kier alpha value is -2.68. The van der Waals surface area contributed by atoms with Gasteiger partial charge < -0.3 is 10.1 Å². The van der Waals surface area contributed by atoms with Crippen molar-refractivity contribution in [1.29, 1.82) is 0 Å². The van der Waals surface area contributed by atoms with Gasteiger partial charge in [0, 0.05) is 6.42 Å². The van der Waals surface area contributed by atoms with Crippen molar-refractivity contribution in [2.75, 3.05) is 0 Å². The van der Waals surface area contributed by atoms with Gasteiger partial charge in [-0.1, -0.05) is 19.1 Å². The molecule has 0 aliphatic heterocycles. The summed E-state index contributed by atoms with van der Waals surface area (Å²) in [6.45, 7) is 3.13. The van der Waals surface area contributed by atoms with Crippen LogP contribution in [-0.2, 0) is 19.2 Å². The molecule has 9 heteroatoms. The highest BCUT2D eigenvalue weighted by Crippen LogP contribution is 2.31. The number of alkyl halides is 3. The average molecular weight is 366 g/mol. The summed E-state index contributed by atoms with van der Waals surface area (Å²) in [6.07, 6.45) is -3.91. The van der Waals surface area contributed by atoms with Gasteiger partial charge in [-0.3, -0.25) is 4.79 Å². The molecule has 2 aromatic heterocycles. The van der Waals surface area contributed by atoms with Gasteiger partial charge in [-0.2, -0.15) is 18.3 Å². The van der Waals surface area contributed by atoms with E-state index in [0.29, 0.717) is 23.5 Å². The molecule has 0 aliphatic rings. The van der Waals surface area contributed by atoms with Crippen LogP contribution in [0.25, 0.3) is 11.0 Å². The molecule has 3 rings (SSSR count). The molecule has 0 radical (unpaired) electrons. The van der Waals surface area contributed by atoms with Gasteiger partial charge in [0.15, 0.2) is 5.65 Å². The molecule has 0 saturated carbocycles. The Kier molecular flexibility index (Phi) is 4.57. The van der Waals surface area contributed by atoms with E-state index in [1.54, 1.807) is 6.92 Å². The molecule has 3 aromatic rings. The van der Waals surface area contributed by atoms with Crippen LogP contribution in [0.2, 0.25) is 0 Å². The minimum Gasteiger partial charge on any atom is -0.390 e. The van der Waals surface area contributed by atoms with Gasteiger partial charge in [-0.25, -0.2) is 9.67 Å². The van der Waals surface area contributed by atoms with Crippen LogP contribution in [0.1, 0.15) is 42.5 Å². The first-order valence-corrected chi connectivity index (χ1v) is 8.04. The molecular formula is C17H17F3N4O2. The number of rotatable bonds is 4. The van der Waals surface area contributed by atoms with Crippen LogP contribution >= 0.6 is 0 Å². The Bertz CT molecular complexity index is 990. The minimum absolute atomic E-state index is 0.176. The maximum Gasteiger partial charge on any atom is 0.416 e. The number of hydrogen-bond acceptors (Lipinski definition) is 4. The summed E-state index contributed by atoms with van der Waals surface area (Å²) in [5.41, 5.74) is -0.0938. The number of aromatic amines is 1.